The summed E-state index contributed by atoms with van der Waals surface area (Å²) in [7, 11) is -3.86. The second kappa shape index (κ2) is 8.64. The van der Waals surface area contributed by atoms with E-state index in [4.69, 9.17) is 0 Å². The minimum atomic E-state index is -3.86. The van der Waals surface area contributed by atoms with Gasteiger partial charge in [-0.15, -0.1) is 0 Å². The average molecular weight is 460 g/mol. The maximum Gasteiger partial charge on any atom is 0.277 e. The van der Waals surface area contributed by atoms with Crippen LogP contribution in [0.2, 0.25) is 0 Å². The van der Waals surface area contributed by atoms with E-state index in [1.54, 1.807) is 36.4 Å². The Morgan fingerprint density at radius 3 is 1.18 bits per heavy atom. The SMILES string of the molecule is O=[N+]([O-])c1ccccc1-c1ccc(S(=O)(=O)c2ccc(-c3ccccc3[N+](=O)[O-])cc2)cc1. The molecule has 0 N–H and O–H groups in total. The van der Waals surface area contributed by atoms with Crippen molar-refractivity contribution in [2.24, 2.45) is 0 Å². The predicted octanol–water partition coefficient (Wildman–Crippen LogP) is 5.67. The highest BCUT2D eigenvalue weighted by Crippen LogP contribution is 2.33. The number of nitrogens with zero attached hydrogens (tertiary/aromatic N) is 2. The maximum atomic E-state index is 13.1. The van der Waals surface area contributed by atoms with Crippen molar-refractivity contribution < 1.29 is 18.3 Å². The van der Waals surface area contributed by atoms with Crippen LogP contribution in [0, 0.1) is 20.2 Å². The van der Waals surface area contributed by atoms with Gasteiger partial charge in [-0.25, -0.2) is 8.42 Å². The van der Waals surface area contributed by atoms with Crippen molar-refractivity contribution in [1.29, 1.82) is 0 Å². The Morgan fingerprint density at radius 2 is 0.848 bits per heavy atom. The van der Waals surface area contributed by atoms with E-state index >= 15 is 0 Å². The molecule has 0 bridgehead atoms. The second-order valence-corrected chi connectivity index (χ2v) is 9.05. The van der Waals surface area contributed by atoms with Gasteiger partial charge in [0.25, 0.3) is 11.4 Å². The first-order chi connectivity index (χ1) is 15.8. The van der Waals surface area contributed by atoms with Gasteiger partial charge >= 0.3 is 0 Å². The predicted molar refractivity (Wildman–Crippen MR) is 123 cm³/mol. The number of nitro groups is 2. The quantitative estimate of drug-likeness (QED) is 0.270. The smallest absolute Gasteiger partial charge is 0.258 e. The minimum absolute atomic E-state index is 0.0308. The Hall–Kier alpha value is -4.37. The summed E-state index contributed by atoms with van der Waals surface area (Å²) < 4.78 is 26.1. The van der Waals surface area contributed by atoms with Gasteiger partial charge in [-0.3, -0.25) is 20.2 Å². The fourth-order valence-electron chi connectivity index (χ4n) is 3.52. The lowest BCUT2D eigenvalue weighted by atomic mass is 10.0. The second-order valence-electron chi connectivity index (χ2n) is 7.10. The van der Waals surface area contributed by atoms with Crippen molar-refractivity contribution in [1.82, 2.24) is 0 Å². The fraction of sp³-hybridized carbons (Fsp3) is 0. The lowest BCUT2D eigenvalue weighted by Gasteiger charge is -2.08. The average Bonchev–Trinajstić information content (AvgIpc) is 2.84. The molecule has 4 aromatic rings. The van der Waals surface area contributed by atoms with Crippen LogP contribution in [-0.2, 0) is 9.84 Å². The summed E-state index contributed by atoms with van der Waals surface area (Å²) in [4.78, 5) is 21.6. The van der Waals surface area contributed by atoms with Gasteiger partial charge in [0.15, 0.2) is 0 Å². The largest absolute Gasteiger partial charge is 0.277 e. The van der Waals surface area contributed by atoms with E-state index in [9.17, 15) is 28.6 Å². The van der Waals surface area contributed by atoms with E-state index in [1.807, 2.05) is 0 Å². The van der Waals surface area contributed by atoms with Crippen LogP contribution >= 0.6 is 0 Å². The molecule has 0 aliphatic heterocycles. The highest BCUT2D eigenvalue weighted by Gasteiger charge is 2.20. The molecule has 164 valence electrons. The number of para-hydroxylation sites is 2. The molecule has 9 heteroatoms. The third-order valence-corrected chi connectivity index (χ3v) is 6.94. The van der Waals surface area contributed by atoms with Gasteiger partial charge in [0.1, 0.15) is 0 Å². The van der Waals surface area contributed by atoms with E-state index in [1.165, 1.54) is 60.7 Å². The molecule has 4 aromatic carbocycles. The topological polar surface area (TPSA) is 120 Å². The molecule has 0 saturated heterocycles. The molecule has 8 nitrogen and oxygen atoms in total. The Balaban J connectivity index is 1.66. The van der Waals surface area contributed by atoms with Crippen LogP contribution in [0.5, 0.6) is 0 Å². The van der Waals surface area contributed by atoms with Crippen molar-refractivity contribution in [3.63, 3.8) is 0 Å². The summed E-state index contributed by atoms with van der Waals surface area (Å²) in [5.74, 6) is 0. The summed E-state index contributed by atoms with van der Waals surface area (Å²) in [5.41, 5.74) is 1.68. The summed E-state index contributed by atoms with van der Waals surface area (Å²) in [6, 6.07) is 24.1. The Kier molecular flexibility index (Phi) is 5.72. The molecule has 33 heavy (non-hydrogen) atoms. The zero-order chi connectivity index (χ0) is 23.6. The molecule has 4 rings (SSSR count). The van der Waals surface area contributed by atoms with Gasteiger partial charge in [0.05, 0.1) is 30.8 Å². The summed E-state index contributed by atoms with van der Waals surface area (Å²) in [5, 5.41) is 22.5. The summed E-state index contributed by atoms with van der Waals surface area (Å²) >= 11 is 0. The Labute approximate surface area is 189 Å². The van der Waals surface area contributed by atoms with Gasteiger partial charge in [-0.2, -0.15) is 0 Å². The van der Waals surface area contributed by atoms with Crippen LogP contribution in [0.15, 0.2) is 107 Å². The van der Waals surface area contributed by atoms with Crippen LogP contribution in [-0.4, -0.2) is 18.3 Å². The van der Waals surface area contributed by atoms with Gasteiger partial charge in [-0.1, -0.05) is 48.5 Å². The van der Waals surface area contributed by atoms with Crippen molar-refractivity contribution in [2.45, 2.75) is 9.79 Å². The van der Waals surface area contributed by atoms with Crippen molar-refractivity contribution in [3.05, 3.63) is 117 Å². The van der Waals surface area contributed by atoms with Gasteiger partial charge < -0.3 is 0 Å². The highest BCUT2D eigenvalue weighted by atomic mass is 32.2. The first-order valence-corrected chi connectivity index (χ1v) is 11.2. The molecule has 0 aromatic heterocycles. The lowest BCUT2D eigenvalue weighted by Crippen LogP contribution is -2.02. The molecule has 0 spiro atoms. The molecule has 0 fully saturated rings. The van der Waals surface area contributed by atoms with Crippen LogP contribution in [0.25, 0.3) is 22.3 Å². The summed E-state index contributed by atoms with van der Waals surface area (Å²) in [6.45, 7) is 0. The number of sulfone groups is 1. The minimum Gasteiger partial charge on any atom is -0.258 e. The third-order valence-electron chi connectivity index (χ3n) is 5.15. The van der Waals surface area contributed by atoms with E-state index in [-0.39, 0.29) is 21.2 Å². The van der Waals surface area contributed by atoms with Gasteiger partial charge in [0.2, 0.25) is 9.84 Å². The van der Waals surface area contributed by atoms with Crippen LogP contribution in [0.4, 0.5) is 11.4 Å². The molecule has 0 aliphatic rings. The van der Waals surface area contributed by atoms with E-state index in [0.717, 1.165) is 0 Å². The molecule has 0 heterocycles. The normalized spacial score (nSPS) is 11.2. The zero-order valence-corrected chi connectivity index (χ0v) is 17.8. The highest BCUT2D eigenvalue weighted by molar-refractivity contribution is 7.91. The first-order valence-electron chi connectivity index (χ1n) is 9.72. The molecule has 0 radical (unpaired) electrons. The van der Waals surface area contributed by atoms with Crippen molar-refractivity contribution in [3.8, 4) is 22.3 Å². The molecule has 0 amide bonds. The number of hydrogen-bond acceptors (Lipinski definition) is 6. The number of rotatable bonds is 6. The Bertz CT molecular complexity index is 1360. The van der Waals surface area contributed by atoms with E-state index < -0.39 is 19.7 Å². The Morgan fingerprint density at radius 1 is 0.515 bits per heavy atom. The van der Waals surface area contributed by atoms with E-state index in [2.05, 4.69) is 0 Å². The number of benzene rings is 4. The third kappa shape index (κ3) is 4.21. The molecular weight excluding hydrogens is 444 g/mol. The molecule has 0 atom stereocenters. The maximum absolute atomic E-state index is 13.1. The monoisotopic (exact) mass is 460 g/mol. The van der Waals surface area contributed by atoms with Crippen molar-refractivity contribution in [2.75, 3.05) is 0 Å². The lowest BCUT2D eigenvalue weighted by molar-refractivity contribution is -0.384. The van der Waals surface area contributed by atoms with Crippen molar-refractivity contribution >= 4 is 21.2 Å². The molecular formula is C24H16N2O6S. The molecule has 0 unspecified atom stereocenters. The van der Waals surface area contributed by atoms with Crippen LogP contribution in [0.1, 0.15) is 0 Å². The van der Waals surface area contributed by atoms with Crippen LogP contribution < -0.4 is 0 Å². The first kappa shape index (κ1) is 21.8. The number of nitro benzene ring substituents is 2. The number of hydrogen-bond donors (Lipinski definition) is 0. The van der Waals surface area contributed by atoms with Gasteiger partial charge in [0, 0.05) is 12.1 Å². The molecule has 0 saturated carbocycles. The molecule has 0 aliphatic carbocycles. The fourth-order valence-corrected chi connectivity index (χ4v) is 4.78. The zero-order valence-electron chi connectivity index (χ0n) is 17.0. The van der Waals surface area contributed by atoms with Gasteiger partial charge in [-0.05, 0) is 47.5 Å². The van der Waals surface area contributed by atoms with E-state index in [0.29, 0.717) is 22.3 Å². The summed E-state index contributed by atoms with van der Waals surface area (Å²) in [6.07, 6.45) is 0. The van der Waals surface area contributed by atoms with Crippen LogP contribution in [0.3, 0.4) is 0 Å². The standard InChI is InChI=1S/C24H16N2O6S/c27-25(28)23-7-3-1-5-21(23)17-9-13-19(14-10-17)33(31,32)20-15-11-18(12-16-20)22-6-2-4-8-24(22)26(29)30/h1-16H.